The lowest BCUT2D eigenvalue weighted by Crippen LogP contribution is -2.13. The first kappa shape index (κ1) is 39.0. The van der Waals surface area contributed by atoms with Crippen molar-refractivity contribution in [3.05, 3.63) is 0 Å². The Kier molecular flexibility index (Phi) is 33.9. The van der Waals surface area contributed by atoms with Gasteiger partial charge in [0.25, 0.3) is 5.97 Å². The Hall–Kier alpha value is -0.100. The van der Waals surface area contributed by atoms with Crippen molar-refractivity contribution in [3.8, 4) is 0 Å². The maximum absolute atomic E-state index is 9.00. The van der Waals surface area contributed by atoms with Crippen molar-refractivity contribution < 1.29 is 9.90 Å². The van der Waals surface area contributed by atoms with E-state index >= 15 is 0 Å². The predicted molar refractivity (Wildman–Crippen MR) is 173 cm³/mol. The smallest absolute Gasteiger partial charge is 0.300 e. The Labute approximate surface area is 236 Å². The van der Waals surface area contributed by atoms with E-state index in [-0.39, 0.29) is 0 Å². The molecule has 0 heterocycles. The molecule has 0 amide bonds. The fourth-order valence-electron chi connectivity index (χ4n) is 5.58. The zero-order valence-electron chi connectivity index (χ0n) is 26.6. The lowest BCUT2D eigenvalue weighted by Gasteiger charge is -2.28. The minimum Gasteiger partial charge on any atom is -0.481 e. The second-order valence-corrected chi connectivity index (χ2v) is 16.3. The van der Waals surface area contributed by atoms with E-state index in [1.54, 1.807) is 50.3 Å². The first-order valence-corrected chi connectivity index (χ1v) is 19.6. The highest BCUT2D eigenvalue weighted by molar-refractivity contribution is 7.75. The quantitative estimate of drug-likeness (QED) is 0.0787. The van der Waals surface area contributed by atoms with Crippen LogP contribution in [-0.4, -0.2) is 35.7 Å². The Morgan fingerprint density at radius 2 is 0.568 bits per heavy atom. The van der Waals surface area contributed by atoms with Gasteiger partial charge >= 0.3 is 0 Å². The predicted octanol–water partition coefficient (Wildman–Crippen LogP) is 12.5. The molecule has 37 heavy (non-hydrogen) atoms. The SMILES string of the molecule is CC(=O)O.CCCCCCCC[P+](CCCCCCCC)(CCCCCCCC)CCCCCCCC. The van der Waals surface area contributed by atoms with E-state index < -0.39 is 13.2 Å². The van der Waals surface area contributed by atoms with Gasteiger partial charge in [-0.2, -0.15) is 0 Å². The summed E-state index contributed by atoms with van der Waals surface area (Å²) in [6, 6.07) is 0. The lowest BCUT2D eigenvalue weighted by molar-refractivity contribution is -0.134. The van der Waals surface area contributed by atoms with E-state index in [1.165, 1.54) is 128 Å². The molecule has 0 aromatic rings. The van der Waals surface area contributed by atoms with E-state index in [2.05, 4.69) is 27.7 Å². The van der Waals surface area contributed by atoms with E-state index in [4.69, 9.17) is 9.90 Å². The van der Waals surface area contributed by atoms with Crippen LogP contribution >= 0.6 is 7.26 Å². The Morgan fingerprint density at radius 1 is 0.405 bits per heavy atom. The third-order valence-electron chi connectivity index (χ3n) is 7.94. The highest BCUT2D eigenvalue weighted by Crippen LogP contribution is 2.61. The van der Waals surface area contributed by atoms with Crippen LogP contribution in [0.4, 0.5) is 0 Å². The van der Waals surface area contributed by atoms with Crippen molar-refractivity contribution in [2.75, 3.05) is 24.6 Å². The molecule has 0 aliphatic heterocycles. The molecule has 0 fully saturated rings. The summed E-state index contributed by atoms with van der Waals surface area (Å²) in [5.41, 5.74) is 0. The second-order valence-electron chi connectivity index (χ2n) is 11.8. The number of unbranched alkanes of at least 4 members (excludes halogenated alkanes) is 20. The molecule has 0 spiro atoms. The van der Waals surface area contributed by atoms with Gasteiger partial charge in [-0.05, 0) is 51.4 Å². The number of hydrogen-bond acceptors (Lipinski definition) is 1. The maximum Gasteiger partial charge on any atom is 0.300 e. The van der Waals surface area contributed by atoms with Crippen LogP contribution < -0.4 is 0 Å². The van der Waals surface area contributed by atoms with Crippen molar-refractivity contribution in [2.45, 2.75) is 189 Å². The number of carboxylic acids is 1. The number of aliphatic carboxylic acids is 1. The molecule has 0 bridgehead atoms. The van der Waals surface area contributed by atoms with E-state index in [0.29, 0.717) is 0 Å². The molecule has 0 radical (unpaired) electrons. The molecular formula is C34H72O2P+. The Bertz CT molecular complexity index is 364. The molecule has 0 saturated carbocycles. The summed E-state index contributed by atoms with van der Waals surface area (Å²) in [4.78, 5) is 9.00. The van der Waals surface area contributed by atoms with Gasteiger partial charge in [-0.15, -0.1) is 0 Å². The molecule has 0 aliphatic rings. The molecule has 0 unspecified atom stereocenters. The lowest BCUT2D eigenvalue weighted by atomic mass is 10.1. The van der Waals surface area contributed by atoms with Crippen LogP contribution in [0.5, 0.6) is 0 Å². The van der Waals surface area contributed by atoms with Gasteiger partial charge < -0.3 is 5.11 Å². The molecular weight excluding hydrogens is 471 g/mol. The van der Waals surface area contributed by atoms with E-state index in [0.717, 1.165) is 6.92 Å². The molecule has 2 nitrogen and oxygen atoms in total. The topological polar surface area (TPSA) is 37.3 Å². The van der Waals surface area contributed by atoms with Gasteiger partial charge in [0.1, 0.15) is 0 Å². The van der Waals surface area contributed by atoms with Crippen molar-refractivity contribution in [1.29, 1.82) is 0 Å². The van der Waals surface area contributed by atoms with Gasteiger partial charge in [0.15, 0.2) is 0 Å². The summed E-state index contributed by atoms with van der Waals surface area (Å²) in [7, 11) is -0.718. The molecule has 1 N–H and O–H groups in total. The Balaban J connectivity index is 0. The number of carboxylic acid groups (broad SMARTS) is 1. The van der Waals surface area contributed by atoms with Gasteiger partial charge in [0.2, 0.25) is 0 Å². The standard InChI is InChI=1S/C32H68P.C2H4O2/c1-5-9-13-17-21-25-29-33(30-26-22-18-14-10-6-2,31-27-23-19-15-11-7-3)32-28-24-20-16-12-8-4;1-2(3)4/h5-32H2,1-4H3;1H3,(H,3,4)/q+1;. The molecule has 0 aliphatic carbocycles. The van der Waals surface area contributed by atoms with Crippen LogP contribution in [0.25, 0.3) is 0 Å². The summed E-state index contributed by atoms with van der Waals surface area (Å²) in [5, 5.41) is 7.42. The minimum absolute atomic E-state index is 0.718. The van der Waals surface area contributed by atoms with E-state index in [1.807, 2.05) is 0 Å². The molecule has 0 aromatic heterocycles. The number of hydrogen-bond donors (Lipinski definition) is 1. The molecule has 0 rings (SSSR count). The fraction of sp³-hybridized carbons (Fsp3) is 0.971. The van der Waals surface area contributed by atoms with Gasteiger partial charge in [-0.25, -0.2) is 0 Å². The molecule has 224 valence electrons. The average Bonchev–Trinajstić information content (AvgIpc) is 2.87. The molecule has 0 aromatic carbocycles. The zero-order valence-corrected chi connectivity index (χ0v) is 27.5. The van der Waals surface area contributed by atoms with Gasteiger partial charge in [0.05, 0.1) is 24.6 Å². The minimum atomic E-state index is -0.833. The summed E-state index contributed by atoms with van der Waals surface area (Å²) in [6.07, 6.45) is 42.1. The van der Waals surface area contributed by atoms with Crippen LogP contribution in [0.3, 0.4) is 0 Å². The fourth-order valence-corrected chi connectivity index (χ4v) is 10.5. The number of carbonyl (C=O) groups is 1. The van der Waals surface area contributed by atoms with Crippen LogP contribution in [-0.2, 0) is 4.79 Å². The van der Waals surface area contributed by atoms with Crippen molar-refractivity contribution in [1.82, 2.24) is 0 Å². The van der Waals surface area contributed by atoms with Gasteiger partial charge in [0, 0.05) is 14.2 Å². The zero-order chi connectivity index (χ0) is 27.9. The summed E-state index contributed by atoms with van der Waals surface area (Å²) >= 11 is 0. The van der Waals surface area contributed by atoms with Crippen molar-refractivity contribution in [3.63, 3.8) is 0 Å². The van der Waals surface area contributed by atoms with E-state index in [9.17, 15) is 0 Å². The third-order valence-corrected chi connectivity index (χ3v) is 13.0. The molecule has 3 heteroatoms. The molecule has 0 atom stereocenters. The largest absolute Gasteiger partial charge is 0.481 e. The maximum atomic E-state index is 9.00. The Morgan fingerprint density at radius 3 is 0.757 bits per heavy atom. The second kappa shape index (κ2) is 32.1. The van der Waals surface area contributed by atoms with Crippen LogP contribution in [0, 0.1) is 0 Å². The normalized spacial score (nSPS) is 11.4. The van der Waals surface area contributed by atoms with Gasteiger partial charge in [-0.3, -0.25) is 4.79 Å². The molecule has 0 saturated heterocycles. The van der Waals surface area contributed by atoms with Crippen molar-refractivity contribution in [2.24, 2.45) is 0 Å². The van der Waals surface area contributed by atoms with Crippen molar-refractivity contribution >= 4 is 13.2 Å². The summed E-state index contributed by atoms with van der Waals surface area (Å²) < 4.78 is 0. The average molecular weight is 544 g/mol. The highest BCUT2D eigenvalue weighted by Gasteiger charge is 2.34. The number of rotatable bonds is 28. The van der Waals surface area contributed by atoms with Crippen LogP contribution in [0.1, 0.15) is 189 Å². The first-order valence-electron chi connectivity index (χ1n) is 17.0. The summed E-state index contributed by atoms with van der Waals surface area (Å²) in [5.74, 6) is -0.833. The monoisotopic (exact) mass is 544 g/mol. The van der Waals surface area contributed by atoms with Crippen LogP contribution in [0.2, 0.25) is 0 Å². The van der Waals surface area contributed by atoms with Crippen LogP contribution in [0.15, 0.2) is 0 Å². The van der Waals surface area contributed by atoms with Gasteiger partial charge in [-0.1, -0.05) is 130 Å². The highest BCUT2D eigenvalue weighted by atomic mass is 31.2. The summed E-state index contributed by atoms with van der Waals surface area (Å²) in [6.45, 7) is 10.5. The first-order chi connectivity index (χ1) is 18.0. The third kappa shape index (κ3) is 32.0.